The second-order valence-electron chi connectivity index (χ2n) is 5.31. The van der Waals surface area contributed by atoms with Gasteiger partial charge in [0, 0.05) is 18.7 Å². The van der Waals surface area contributed by atoms with E-state index in [2.05, 4.69) is 15.9 Å². The number of piperidine rings is 1. The monoisotopic (exact) mass is 391 g/mol. The van der Waals surface area contributed by atoms with Crippen molar-refractivity contribution in [2.24, 2.45) is 0 Å². The Balaban J connectivity index is 2.52. The van der Waals surface area contributed by atoms with Crippen LogP contribution in [0.3, 0.4) is 0 Å². The molecule has 0 aromatic heterocycles. The summed E-state index contributed by atoms with van der Waals surface area (Å²) in [4.78, 5) is 0.162. The molecule has 0 saturated carbocycles. The van der Waals surface area contributed by atoms with Crippen LogP contribution in [-0.2, 0) is 10.0 Å². The lowest BCUT2D eigenvalue weighted by atomic mass is 10.0. The third-order valence-electron chi connectivity index (χ3n) is 4.07. The number of ether oxygens (including phenoxy) is 2. The predicted molar refractivity (Wildman–Crippen MR) is 89.1 cm³/mol. The van der Waals surface area contributed by atoms with Gasteiger partial charge in [0.1, 0.15) is 16.4 Å². The Labute approximate surface area is 140 Å². The molecule has 0 bridgehead atoms. The summed E-state index contributed by atoms with van der Waals surface area (Å²) >= 11 is 3.36. The normalized spacial score (nSPS) is 19.9. The smallest absolute Gasteiger partial charge is 0.247 e. The maximum absolute atomic E-state index is 13.1. The van der Waals surface area contributed by atoms with Gasteiger partial charge in [-0.15, -0.1) is 0 Å². The number of halogens is 1. The third kappa shape index (κ3) is 3.26. The van der Waals surface area contributed by atoms with Gasteiger partial charge in [0.2, 0.25) is 10.0 Å². The van der Waals surface area contributed by atoms with Crippen LogP contribution in [0.5, 0.6) is 11.5 Å². The summed E-state index contributed by atoms with van der Waals surface area (Å²) < 4.78 is 39.0. The molecule has 0 spiro atoms. The molecule has 1 aromatic rings. The van der Waals surface area contributed by atoms with Crippen molar-refractivity contribution in [2.75, 3.05) is 20.8 Å². The standard InChI is InChI=1S/C15H22BrNO4S/c1-4-11-7-5-6-8-17(11)22(18,19)15-10-13(20-2)12(16)9-14(15)21-3/h9-11H,4-8H2,1-3H3/t11-/m0/s1. The van der Waals surface area contributed by atoms with E-state index in [0.29, 0.717) is 22.5 Å². The second-order valence-corrected chi connectivity index (χ2v) is 8.02. The fourth-order valence-electron chi connectivity index (χ4n) is 2.86. The van der Waals surface area contributed by atoms with E-state index in [1.165, 1.54) is 20.3 Å². The van der Waals surface area contributed by atoms with Gasteiger partial charge in [0.05, 0.1) is 18.7 Å². The van der Waals surface area contributed by atoms with Crippen LogP contribution in [0, 0.1) is 0 Å². The number of hydrogen-bond donors (Lipinski definition) is 0. The summed E-state index contributed by atoms with van der Waals surface area (Å²) in [6.45, 7) is 2.58. The van der Waals surface area contributed by atoms with Crippen molar-refractivity contribution in [1.82, 2.24) is 4.31 Å². The Bertz CT molecular complexity index is 633. The Morgan fingerprint density at radius 1 is 1.23 bits per heavy atom. The lowest BCUT2D eigenvalue weighted by Crippen LogP contribution is -2.43. The zero-order valence-corrected chi connectivity index (χ0v) is 15.5. The Kier molecular flexibility index (Phi) is 5.74. The van der Waals surface area contributed by atoms with Crippen LogP contribution in [0.1, 0.15) is 32.6 Å². The molecule has 0 radical (unpaired) electrons. The van der Waals surface area contributed by atoms with E-state index in [0.717, 1.165) is 25.7 Å². The largest absolute Gasteiger partial charge is 0.496 e. The summed E-state index contributed by atoms with van der Waals surface area (Å²) in [6, 6.07) is 3.22. The first-order chi connectivity index (χ1) is 10.5. The zero-order chi connectivity index (χ0) is 16.3. The maximum atomic E-state index is 13.1. The Hall–Kier alpha value is -0.790. The number of sulfonamides is 1. The van der Waals surface area contributed by atoms with Gasteiger partial charge in [0.25, 0.3) is 0 Å². The van der Waals surface area contributed by atoms with Crippen LogP contribution in [-0.4, -0.2) is 39.5 Å². The topological polar surface area (TPSA) is 55.8 Å². The van der Waals surface area contributed by atoms with E-state index >= 15 is 0 Å². The van der Waals surface area contributed by atoms with E-state index in [9.17, 15) is 8.42 Å². The van der Waals surface area contributed by atoms with Gasteiger partial charge in [-0.3, -0.25) is 0 Å². The van der Waals surface area contributed by atoms with Crippen LogP contribution in [0.25, 0.3) is 0 Å². The molecule has 1 heterocycles. The summed E-state index contributed by atoms with van der Waals surface area (Å²) in [5.41, 5.74) is 0. The van der Waals surface area contributed by atoms with Crippen molar-refractivity contribution < 1.29 is 17.9 Å². The highest BCUT2D eigenvalue weighted by atomic mass is 79.9. The quantitative estimate of drug-likeness (QED) is 0.771. The first-order valence-electron chi connectivity index (χ1n) is 7.39. The molecule has 1 atom stereocenters. The first kappa shape index (κ1) is 17.6. The minimum atomic E-state index is -3.61. The van der Waals surface area contributed by atoms with Crippen molar-refractivity contribution in [3.8, 4) is 11.5 Å². The highest BCUT2D eigenvalue weighted by Crippen LogP contribution is 2.38. The Morgan fingerprint density at radius 3 is 2.50 bits per heavy atom. The molecular formula is C15H22BrNO4S. The van der Waals surface area contributed by atoms with E-state index in [1.54, 1.807) is 10.4 Å². The SMILES string of the molecule is CC[C@H]1CCCCN1S(=O)(=O)c1cc(OC)c(Br)cc1OC. The van der Waals surface area contributed by atoms with Crippen LogP contribution >= 0.6 is 15.9 Å². The highest BCUT2D eigenvalue weighted by Gasteiger charge is 2.35. The summed E-state index contributed by atoms with van der Waals surface area (Å²) in [6.07, 6.45) is 3.69. The van der Waals surface area contributed by atoms with Gasteiger partial charge in [0.15, 0.2) is 0 Å². The summed E-state index contributed by atoms with van der Waals surface area (Å²) in [5.74, 6) is 0.803. The average Bonchev–Trinajstić information content (AvgIpc) is 2.54. The molecule has 0 aliphatic carbocycles. The maximum Gasteiger partial charge on any atom is 0.247 e. The summed E-state index contributed by atoms with van der Waals surface area (Å²) in [5, 5.41) is 0. The van der Waals surface area contributed by atoms with Gasteiger partial charge in [-0.05, 0) is 41.3 Å². The molecule has 2 rings (SSSR count). The van der Waals surface area contributed by atoms with Gasteiger partial charge in [-0.2, -0.15) is 4.31 Å². The van der Waals surface area contributed by atoms with Crippen molar-refractivity contribution in [3.05, 3.63) is 16.6 Å². The minimum Gasteiger partial charge on any atom is -0.496 e. The van der Waals surface area contributed by atoms with E-state index in [4.69, 9.17) is 9.47 Å². The van der Waals surface area contributed by atoms with Crippen molar-refractivity contribution in [3.63, 3.8) is 0 Å². The number of methoxy groups -OCH3 is 2. The van der Waals surface area contributed by atoms with Crippen LogP contribution in [0.15, 0.2) is 21.5 Å². The highest BCUT2D eigenvalue weighted by molar-refractivity contribution is 9.10. The fraction of sp³-hybridized carbons (Fsp3) is 0.600. The lowest BCUT2D eigenvalue weighted by molar-refractivity contribution is 0.245. The van der Waals surface area contributed by atoms with Crippen LogP contribution in [0.4, 0.5) is 0 Å². The molecule has 1 fully saturated rings. The molecular weight excluding hydrogens is 370 g/mol. The second kappa shape index (κ2) is 7.19. The average molecular weight is 392 g/mol. The molecule has 0 unspecified atom stereocenters. The third-order valence-corrected chi connectivity index (χ3v) is 6.66. The van der Waals surface area contributed by atoms with Crippen LogP contribution < -0.4 is 9.47 Å². The number of nitrogens with zero attached hydrogens (tertiary/aromatic N) is 1. The van der Waals surface area contributed by atoms with Crippen LogP contribution in [0.2, 0.25) is 0 Å². The number of rotatable bonds is 5. The molecule has 22 heavy (non-hydrogen) atoms. The zero-order valence-electron chi connectivity index (χ0n) is 13.1. The number of hydrogen-bond acceptors (Lipinski definition) is 4. The van der Waals surface area contributed by atoms with E-state index < -0.39 is 10.0 Å². The number of benzene rings is 1. The van der Waals surface area contributed by atoms with Gasteiger partial charge in [-0.1, -0.05) is 13.3 Å². The van der Waals surface area contributed by atoms with Gasteiger partial charge >= 0.3 is 0 Å². The van der Waals surface area contributed by atoms with E-state index in [1.807, 2.05) is 6.92 Å². The van der Waals surface area contributed by atoms with Crippen molar-refractivity contribution in [2.45, 2.75) is 43.5 Å². The predicted octanol–water partition coefficient (Wildman–Crippen LogP) is 3.42. The van der Waals surface area contributed by atoms with Crippen molar-refractivity contribution >= 4 is 26.0 Å². The van der Waals surface area contributed by atoms with Gasteiger partial charge in [-0.25, -0.2) is 8.42 Å². The van der Waals surface area contributed by atoms with Crippen molar-refractivity contribution in [1.29, 1.82) is 0 Å². The molecule has 5 nitrogen and oxygen atoms in total. The molecule has 1 saturated heterocycles. The van der Waals surface area contributed by atoms with E-state index in [-0.39, 0.29) is 10.9 Å². The fourth-order valence-corrected chi connectivity index (χ4v) is 5.26. The molecule has 0 N–H and O–H groups in total. The molecule has 7 heteroatoms. The summed E-state index contributed by atoms with van der Waals surface area (Å²) in [7, 11) is -0.622. The Morgan fingerprint density at radius 2 is 1.91 bits per heavy atom. The van der Waals surface area contributed by atoms with Gasteiger partial charge < -0.3 is 9.47 Å². The lowest BCUT2D eigenvalue weighted by Gasteiger charge is -2.34. The molecule has 1 aliphatic heterocycles. The minimum absolute atomic E-state index is 0.0538. The molecule has 1 aliphatic rings. The molecule has 1 aromatic carbocycles. The molecule has 0 amide bonds. The molecule has 124 valence electrons. The first-order valence-corrected chi connectivity index (χ1v) is 9.62.